The van der Waals surface area contributed by atoms with E-state index in [0.29, 0.717) is 6.42 Å². The van der Waals surface area contributed by atoms with Crippen LogP contribution in [0, 0.1) is 5.92 Å². The zero-order valence-corrected chi connectivity index (χ0v) is 16.8. The minimum atomic E-state index is -3.36. The van der Waals surface area contributed by atoms with Crippen LogP contribution in [0.2, 0.25) is 0 Å². The van der Waals surface area contributed by atoms with Gasteiger partial charge in [-0.2, -0.15) is 0 Å². The summed E-state index contributed by atoms with van der Waals surface area (Å²) >= 11 is 0. The molecule has 1 aliphatic heterocycles. The molecule has 0 amide bonds. The predicted molar refractivity (Wildman–Crippen MR) is 102 cm³/mol. The maximum Gasteiger partial charge on any atom is 0.313 e. The van der Waals surface area contributed by atoms with Crippen molar-refractivity contribution < 1.29 is 17.9 Å². The summed E-state index contributed by atoms with van der Waals surface area (Å²) in [6.45, 7) is 0. The van der Waals surface area contributed by atoms with Gasteiger partial charge in [-0.05, 0) is 38.5 Å². The number of rotatable bonds is 15. The molecule has 1 aliphatic rings. The fraction of sp³-hybridized carbons (Fsp3) is 0.833. The fourth-order valence-electron chi connectivity index (χ4n) is 3.51. The van der Waals surface area contributed by atoms with E-state index in [1.54, 1.807) is 0 Å². The van der Waals surface area contributed by atoms with E-state index in [9.17, 15) is 13.2 Å². The molecule has 2 atom stereocenters. The van der Waals surface area contributed by atoms with Crippen LogP contribution in [-0.4, -0.2) is 41.7 Å². The summed E-state index contributed by atoms with van der Waals surface area (Å²) in [6.07, 6.45) is 13.7. The van der Waals surface area contributed by atoms with Crippen molar-refractivity contribution in [3.05, 3.63) is 11.9 Å². The van der Waals surface area contributed by atoms with Gasteiger partial charge in [0, 0.05) is 6.20 Å². The normalized spacial score (nSPS) is 19.7. The Morgan fingerprint density at radius 3 is 2.33 bits per heavy atom. The molecule has 0 bridgehead atoms. The number of aromatic amines is 1. The predicted octanol–water partition coefficient (Wildman–Crippen LogP) is 2.47. The molecule has 0 unspecified atom stereocenters. The number of nitrogens with one attached hydrogen (secondary N) is 1. The lowest BCUT2D eigenvalue weighted by Gasteiger charge is -2.35. The number of ether oxygens (including phenoxy) is 1. The monoisotopic (exact) mass is 400 g/mol. The van der Waals surface area contributed by atoms with Crippen molar-refractivity contribution in [1.29, 1.82) is 0 Å². The van der Waals surface area contributed by atoms with Gasteiger partial charge in [-0.15, -0.1) is 5.10 Å². The SMILES string of the molecule is NS(=O)(=O)CCCCC[C@@H]1OC(=O)[C@H]1CCCCCCCCc1c[nH]nn1. The molecule has 8 nitrogen and oxygen atoms in total. The Hall–Kier alpha value is -1.48. The number of hydrogen-bond donors (Lipinski definition) is 2. The number of carbonyl (C=O) groups excluding carboxylic acids is 1. The molecule has 2 heterocycles. The van der Waals surface area contributed by atoms with Crippen molar-refractivity contribution in [3.63, 3.8) is 0 Å². The quantitative estimate of drug-likeness (QED) is 0.344. The van der Waals surface area contributed by atoms with E-state index in [1.165, 1.54) is 19.3 Å². The Balaban J connectivity index is 1.44. The molecule has 2 rings (SSSR count). The van der Waals surface area contributed by atoms with Gasteiger partial charge in [0.25, 0.3) is 0 Å². The first kappa shape index (κ1) is 21.8. The Kier molecular flexibility index (Phi) is 9.20. The molecule has 0 radical (unpaired) electrons. The van der Waals surface area contributed by atoms with Crippen molar-refractivity contribution in [2.24, 2.45) is 11.1 Å². The van der Waals surface area contributed by atoms with Crippen LogP contribution in [0.5, 0.6) is 0 Å². The number of nitrogens with two attached hydrogens (primary N) is 1. The van der Waals surface area contributed by atoms with Crippen LogP contribution in [-0.2, 0) is 26.0 Å². The number of aryl methyl sites for hydroxylation is 1. The second-order valence-electron chi connectivity index (χ2n) is 7.42. The average Bonchev–Trinajstić information content (AvgIpc) is 3.11. The summed E-state index contributed by atoms with van der Waals surface area (Å²) in [7, 11) is -3.36. The maximum atomic E-state index is 11.6. The number of nitrogens with zero attached hydrogens (tertiary/aromatic N) is 2. The third-order valence-electron chi connectivity index (χ3n) is 5.10. The van der Waals surface area contributed by atoms with Crippen molar-refractivity contribution in [1.82, 2.24) is 15.4 Å². The number of cyclic esters (lactones) is 1. The molecule has 0 spiro atoms. The molecule has 1 fully saturated rings. The highest BCUT2D eigenvalue weighted by atomic mass is 32.2. The highest BCUT2D eigenvalue weighted by molar-refractivity contribution is 7.89. The average molecular weight is 401 g/mol. The second kappa shape index (κ2) is 11.4. The third kappa shape index (κ3) is 8.83. The zero-order chi connectivity index (χ0) is 19.5. The largest absolute Gasteiger partial charge is 0.461 e. The number of unbranched alkanes of at least 4 members (excludes halogenated alkanes) is 7. The first-order valence-corrected chi connectivity index (χ1v) is 11.7. The summed E-state index contributed by atoms with van der Waals surface area (Å²) in [5.41, 5.74) is 1.02. The molecular weight excluding hydrogens is 368 g/mol. The van der Waals surface area contributed by atoms with Crippen LogP contribution in [0.3, 0.4) is 0 Å². The number of aromatic nitrogens is 3. The van der Waals surface area contributed by atoms with Gasteiger partial charge in [-0.3, -0.25) is 9.89 Å². The van der Waals surface area contributed by atoms with Crippen molar-refractivity contribution >= 4 is 16.0 Å². The molecule has 0 aromatic carbocycles. The van der Waals surface area contributed by atoms with Gasteiger partial charge in [-0.25, -0.2) is 13.6 Å². The van der Waals surface area contributed by atoms with Gasteiger partial charge < -0.3 is 4.74 Å². The Morgan fingerprint density at radius 1 is 1.00 bits per heavy atom. The van der Waals surface area contributed by atoms with Gasteiger partial charge in [0.1, 0.15) is 6.10 Å². The summed E-state index contributed by atoms with van der Waals surface area (Å²) < 4.78 is 27.0. The fourth-order valence-corrected chi connectivity index (χ4v) is 4.12. The smallest absolute Gasteiger partial charge is 0.313 e. The zero-order valence-electron chi connectivity index (χ0n) is 15.9. The molecule has 0 saturated carbocycles. The van der Waals surface area contributed by atoms with E-state index in [4.69, 9.17) is 9.88 Å². The molecular formula is C18H32N4O4S. The van der Waals surface area contributed by atoms with E-state index in [-0.39, 0.29) is 23.7 Å². The van der Waals surface area contributed by atoms with Crippen LogP contribution < -0.4 is 5.14 Å². The molecule has 0 aliphatic carbocycles. The highest BCUT2D eigenvalue weighted by Crippen LogP contribution is 2.31. The third-order valence-corrected chi connectivity index (χ3v) is 5.96. The number of sulfonamides is 1. The molecule has 1 aromatic rings. The number of carbonyl (C=O) groups is 1. The number of primary sulfonamides is 1. The topological polar surface area (TPSA) is 128 Å². The maximum absolute atomic E-state index is 11.6. The van der Waals surface area contributed by atoms with Crippen LogP contribution in [0.4, 0.5) is 0 Å². The summed E-state index contributed by atoms with van der Waals surface area (Å²) in [5.74, 6) is -0.00742. The Labute approximate surface area is 161 Å². The van der Waals surface area contributed by atoms with Crippen molar-refractivity contribution in [3.8, 4) is 0 Å². The standard InChI is InChI=1S/C18H32N4O4S/c19-27(24,25)13-9-5-8-12-17-16(18(23)26-17)11-7-4-2-1-3-6-10-15-14-20-22-21-15/h14,16-17H,1-13H2,(H2,19,24,25)(H,20,21,22)/t16-,17-/m0/s1. The number of esters is 1. The summed E-state index contributed by atoms with van der Waals surface area (Å²) in [4.78, 5) is 11.6. The van der Waals surface area contributed by atoms with Gasteiger partial charge in [0.2, 0.25) is 10.0 Å². The lowest BCUT2D eigenvalue weighted by Crippen LogP contribution is -2.44. The molecule has 1 aromatic heterocycles. The Bertz CT molecular complexity index is 648. The van der Waals surface area contributed by atoms with Crippen LogP contribution in [0.25, 0.3) is 0 Å². The summed E-state index contributed by atoms with van der Waals surface area (Å²) in [5, 5.41) is 15.4. The Morgan fingerprint density at radius 2 is 1.67 bits per heavy atom. The van der Waals surface area contributed by atoms with Gasteiger partial charge in [0.15, 0.2) is 0 Å². The molecule has 27 heavy (non-hydrogen) atoms. The van der Waals surface area contributed by atoms with Gasteiger partial charge in [-0.1, -0.05) is 43.7 Å². The lowest BCUT2D eigenvalue weighted by molar-refractivity contribution is -0.186. The molecule has 3 N–H and O–H groups in total. The van der Waals surface area contributed by atoms with Crippen molar-refractivity contribution in [2.45, 2.75) is 83.2 Å². The summed E-state index contributed by atoms with van der Waals surface area (Å²) in [6, 6.07) is 0. The van der Waals surface area contributed by atoms with Crippen LogP contribution in [0.1, 0.15) is 76.3 Å². The second-order valence-corrected chi connectivity index (χ2v) is 9.16. The van der Waals surface area contributed by atoms with Gasteiger partial charge >= 0.3 is 5.97 Å². The molecule has 9 heteroatoms. The van der Waals surface area contributed by atoms with Crippen LogP contribution in [0.15, 0.2) is 6.20 Å². The molecule has 154 valence electrons. The van der Waals surface area contributed by atoms with E-state index in [1.807, 2.05) is 6.20 Å². The minimum absolute atomic E-state index is 0.0226. The molecule has 1 saturated heterocycles. The van der Waals surface area contributed by atoms with Gasteiger partial charge in [0.05, 0.1) is 17.4 Å². The first-order chi connectivity index (χ1) is 13.0. The van der Waals surface area contributed by atoms with E-state index in [0.717, 1.165) is 57.1 Å². The highest BCUT2D eigenvalue weighted by Gasteiger charge is 2.40. The first-order valence-electron chi connectivity index (χ1n) is 10.0. The number of hydrogen-bond acceptors (Lipinski definition) is 6. The van der Waals surface area contributed by atoms with E-state index < -0.39 is 10.0 Å². The van der Waals surface area contributed by atoms with Crippen LogP contribution >= 0.6 is 0 Å². The lowest BCUT2D eigenvalue weighted by atomic mass is 9.87. The van der Waals surface area contributed by atoms with E-state index >= 15 is 0 Å². The minimum Gasteiger partial charge on any atom is -0.461 e. The number of H-pyrrole nitrogens is 1. The van der Waals surface area contributed by atoms with E-state index in [2.05, 4.69) is 15.4 Å². The van der Waals surface area contributed by atoms with Crippen molar-refractivity contribution in [2.75, 3.05) is 5.75 Å².